The molecule has 0 amide bonds. The highest BCUT2D eigenvalue weighted by atomic mass is 19.1. The van der Waals surface area contributed by atoms with Gasteiger partial charge in [0.25, 0.3) is 0 Å². The molecule has 184 valence electrons. The number of hydrogen-bond donors (Lipinski definition) is 0. The van der Waals surface area contributed by atoms with Crippen LogP contribution in [-0.4, -0.2) is 0 Å². The molecule has 0 spiro atoms. The van der Waals surface area contributed by atoms with Crippen molar-refractivity contribution in [2.75, 3.05) is 0 Å². The van der Waals surface area contributed by atoms with Crippen molar-refractivity contribution in [2.24, 2.45) is 11.8 Å². The van der Waals surface area contributed by atoms with E-state index in [0.29, 0.717) is 18.2 Å². The Bertz CT molecular complexity index is 1080. The Hall–Kier alpha value is -2.15. The third-order valence-electron chi connectivity index (χ3n) is 9.20. The minimum Gasteiger partial charge on any atom is -0.216 e. The summed E-state index contributed by atoms with van der Waals surface area (Å²) < 4.78 is 12.4. The predicted molar refractivity (Wildman–Crippen MR) is 148 cm³/mol. The summed E-state index contributed by atoms with van der Waals surface area (Å²) in [6.07, 6.45) is 10.7. The van der Waals surface area contributed by atoms with E-state index in [2.05, 4.69) is 75.3 Å². The van der Waals surface area contributed by atoms with E-state index < -0.39 is 0 Å². The summed E-state index contributed by atoms with van der Waals surface area (Å²) in [5, 5.41) is 0. The Kier molecular flexibility index (Phi) is 8.27. The molecule has 0 unspecified atom stereocenters. The minimum absolute atomic E-state index is 0.636. The van der Waals surface area contributed by atoms with Gasteiger partial charge in [0.05, 0.1) is 6.33 Å². The summed E-state index contributed by atoms with van der Waals surface area (Å²) in [6, 6.07) is 0. The van der Waals surface area contributed by atoms with Crippen molar-refractivity contribution in [3.63, 3.8) is 0 Å². The molecule has 2 aromatic rings. The predicted octanol–water partition coefficient (Wildman–Crippen LogP) is 10.2. The molecule has 0 radical (unpaired) electrons. The first-order chi connectivity index (χ1) is 16.0. The van der Waals surface area contributed by atoms with Crippen molar-refractivity contribution in [3.05, 3.63) is 74.1 Å². The number of hydrogen-bond acceptors (Lipinski definition) is 0. The maximum Gasteiger partial charge on any atom is 0.0827 e. The molecule has 1 heteroatoms. The van der Waals surface area contributed by atoms with Crippen molar-refractivity contribution in [1.29, 1.82) is 0 Å². The van der Waals surface area contributed by atoms with E-state index in [1.165, 1.54) is 98.0 Å². The second-order valence-electron chi connectivity index (χ2n) is 11.0. The van der Waals surface area contributed by atoms with Gasteiger partial charge in [0.2, 0.25) is 0 Å². The fourth-order valence-electron chi connectivity index (χ4n) is 6.43. The average Bonchev–Trinajstić information content (AvgIpc) is 2.82. The highest BCUT2D eigenvalue weighted by Crippen LogP contribution is 2.42. The molecule has 0 N–H and O–H groups in total. The number of allylic oxidation sites excluding steroid dienone is 3. The van der Waals surface area contributed by atoms with Gasteiger partial charge < -0.3 is 0 Å². The van der Waals surface area contributed by atoms with Crippen molar-refractivity contribution >= 4 is 5.57 Å². The van der Waals surface area contributed by atoms with Gasteiger partial charge in [-0.3, -0.25) is 0 Å². The molecule has 0 saturated heterocycles. The van der Waals surface area contributed by atoms with Gasteiger partial charge in [-0.25, -0.2) is 4.39 Å². The molecule has 0 heterocycles. The molecule has 1 fully saturated rings. The topological polar surface area (TPSA) is 0 Å². The van der Waals surface area contributed by atoms with Crippen molar-refractivity contribution < 1.29 is 4.39 Å². The first kappa shape index (κ1) is 26.5. The third-order valence-corrected chi connectivity index (χ3v) is 9.20. The molecule has 1 aliphatic rings. The van der Waals surface area contributed by atoms with Crippen LogP contribution < -0.4 is 0 Å². The maximum absolute atomic E-state index is 12.4. The van der Waals surface area contributed by atoms with Crippen LogP contribution in [0.25, 0.3) is 16.7 Å². The Morgan fingerprint density at radius 2 is 1.06 bits per heavy atom. The first-order valence-electron chi connectivity index (χ1n) is 13.1. The molecule has 3 rings (SSSR count). The van der Waals surface area contributed by atoms with Gasteiger partial charge >= 0.3 is 0 Å². The molecule has 0 aliphatic heterocycles. The van der Waals surface area contributed by atoms with E-state index in [1.54, 1.807) is 6.08 Å². The summed E-state index contributed by atoms with van der Waals surface area (Å²) in [5.74, 6) is 1.29. The minimum atomic E-state index is 0.636. The molecule has 1 aliphatic carbocycles. The number of benzene rings is 2. The van der Waals surface area contributed by atoms with E-state index in [4.69, 9.17) is 0 Å². The molecule has 0 bridgehead atoms. The van der Waals surface area contributed by atoms with E-state index in [-0.39, 0.29) is 0 Å². The number of rotatable bonds is 5. The van der Waals surface area contributed by atoms with Crippen molar-refractivity contribution in [1.82, 2.24) is 0 Å². The van der Waals surface area contributed by atoms with Gasteiger partial charge in [0, 0.05) is 0 Å². The Balaban J connectivity index is 2.04. The smallest absolute Gasteiger partial charge is 0.0827 e. The Labute approximate surface area is 208 Å². The first-order valence-corrected chi connectivity index (χ1v) is 13.1. The van der Waals surface area contributed by atoms with Crippen LogP contribution in [0.5, 0.6) is 0 Å². The van der Waals surface area contributed by atoms with Gasteiger partial charge in [-0.2, -0.15) is 0 Å². The summed E-state index contributed by atoms with van der Waals surface area (Å²) in [4.78, 5) is 0. The third kappa shape index (κ3) is 4.81. The van der Waals surface area contributed by atoms with Crippen LogP contribution >= 0.6 is 0 Å². The van der Waals surface area contributed by atoms with E-state index in [9.17, 15) is 4.39 Å². The van der Waals surface area contributed by atoms with Crippen LogP contribution in [0.2, 0.25) is 0 Å². The average molecular weight is 461 g/mol. The maximum atomic E-state index is 12.4. The SMILES string of the molecule is CC(=CC1CCC(C/C=C/F)CC1)c1c(C)c(C)c(-c2c(C)c(C)c(C)c(C)c2C)c(C)c1C. The highest BCUT2D eigenvalue weighted by Gasteiger charge is 2.23. The van der Waals surface area contributed by atoms with Crippen LogP contribution in [0.4, 0.5) is 4.39 Å². The second-order valence-corrected chi connectivity index (χ2v) is 11.0. The molecule has 2 aromatic carbocycles. The van der Waals surface area contributed by atoms with Crippen molar-refractivity contribution in [3.8, 4) is 11.1 Å². The van der Waals surface area contributed by atoms with Gasteiger partial charge in [0.15, 0.2) is 0 Å². The monoisotopic (exact) mass is 460 g/mol. The zero-order chi connectivity index (χ0) is 25.3. The molecule has 0 aromatic heterocycles. The van der Waals surface area contributed by atoms with Gasteiger partial charge in [-0.15, -0.1) is 0 Å². The second kappa shape index (κ2) is 10.6. The van der Waals surface area contributed by atoms with E-state index >= 15 is 0 Å². The lowest BCUT2D eigenvalue weighted by molar-refractivity contribution is 0.312. The van der Waals surface area contributed by atoms with Gasteiger partial charge in [0.1, 0.15) is 0 Å². The molecule has 0 atom stereocenters. The summed E-state index contributed by atoms with van der Waals surface area (Å²) in [7, 11) is 0. The normalized spacial score (nSPS) is 19.3. The summed E-state index contributed by atoms with van der Waals surface area (Å²) in [5.41, 5.74) is 18.5. The molecular weight excluding hydrogens is 415 g/mol. The Morgan fingerprint density at radius 3 is 1.50 bits per heavy atom. The van der Waals surface area contributed by atoms with E-state index in [1.807, 2.05) is 0 Å². The molecule has 0 nitrogen and oxygen atoms in total. The molecule has 1 saturated carbocycles. The largest absolute Gasteiger partial charge is 0.216 e. The number of halogens is 1. The molecule has 34 heavy (non-hydrogen) atoms. The van der Waals surface area contributed by atoms with Crippen LogP contribution in [0.3, 0.4) is 0 Å². The quantitative estimate of drug-likeness (QED) is 0.416. The zero-order valence-corrected chi connectivity index (χ0v) is 23.3. The summed E-state index contributed by atoms with van der Waals surface area (Å²) in [6.45, 7) is 23.0. The van der Waals surface area contributed by atoms with Crippen LogP contribution in [0.15, 0.2) is 18.5 Å². The van der Waals surface area contributed by atoms with Crippen LogP contribution in [0, 0.1) is 74.1 Å². The van der Waals surface area contributed by atoms with Gasteiger partial charge in [-0.1, -0.05) is 12.2 Å². The van der Waals surface area contributed by atoms with Gasteiger partial charge in [-0.05, 0) is 186 Å². The Morgan fingerprint density at radius 1 is 0.647 bits per heavy atom. The standard InChI is InChI=1S/C33H45F/c1-19(18-30-15-13-29(14-16-30)12-11-17-34)31-25(7)27(9)33(28(10)26(31)8)32-23(5)21(3)20(2)22(4)24(32)6/h11,17-18,29-30H,12-16H2,1-10H3/b17-11+,19-18?. The fourth-order valence-corrected chi connectivity index (χ4v) is 6.43. The lowest BCUT2D eigenvalue weighted by Crippen LogP contribution is -2.13. The molecular formula is C33H45F. The van der Waals surface area contributed by atoms with Crippen molar-refractivity contribution in [2.45, 2.75) is 101 Å². The lowest BCUT2D eigenvalue weighted by Gasteiger charge is -2.28. The van der Waals surface area contributed by atoms with E-state index in [0.717, 1.165) is 6.42 Å². The highest BCUT2D eigenvalue weighted by molar-refractivity contribution is 5.84. The van der Waals surface area contributed by atoms with Crippen LogP contribution in [-0.2, 0) is 0 Å². The fraction of sp³-hybridized carbons (Fsp3) is 0.515. The summed E-state index contributed by atoms with van der Waals surface area (Å²) >= 11 is 0. The zero-order valence-electron chi connectivity index (χ0n) is 23.3. The van der Waals surface area contributed by atoms with Crippen LogP contribution in [0.1, 0.15) is 94.7 Å². The lowest BCUT2D eigenvalue weighted by atomic mass is 9.77.